The zero-order valence-corrected chi connectivity index (χ0v) is 21.3. The van der Waals surface area contributed by atoms with Gasteiger partial charge in [-0.25, -0.2) is 0 Å². The summed E-state index contributed by atoms with van der Waals surface area (Å²) in [6.07, 6.45) is -2.25. The Bertz CT molecular complexity index is 1240. The number of carbonyl (C=O) groups is 2. The van der Waals surface area contributed by atoms with E-state index in [-0.39, 0.29) is 24.3 Å². The van der Waals surface area contributed by atoms with Gasteiger partial charge in [-0.2, -0.15) is 18.3 Å². The molecule has 0 aliphatic heterocycles. The minimum atomic E-state index is -4.58. The van der Waals surface area contributed by atoms with Crippen molar-refractivity contribution in [1.29, 1.82) is 0 Å². The molecule has 6 nitrogen and oxygen atoms in total. The summed E-state index contributed by atoms with van der Waals surface area (Å²) in [4.78, 5) is 27.9. The first-order chi connectivity index (χ1) is 17.1. The Balaban J connectivity index is 1.57. The maximum Gasteiger partial charge on any atom is 0.435 e. The lowest BCUT2D eigenvalue weighted by Gasteiger charge is -2.25. The average molecular weight is 563 g/mol. The lowest BCUT2D eigenvalue weighted by molar-refractivity contribution is -0.142. The molecule has 2 aromatic carbocycles. The van der Waals surface area contributed by atoms with Crippen LogP contribution >= 0.6 is 15.9 Å². The van der Waals surface area contributed by atoms with Gasteiger partial charge in [-0.1, -0.05) is 46.3 Å². The average Bonchev–Trinajstić information content (AvgIpc) is 3.22. The standard InChI is InChI=1S/C26H26BrF3N4O2/c1-33(19-10-3-2-4-11-19)25(36)21(15-17-8-7-9-18(27)14-17)31-23(35)16-34-22-13-6-5-12-20(22)24(32-34)26(28,29)30/h2-4,7-11,14,21H,5-6,12-13,15-16H2,1H3,(H,31,35). The SMILES string of the molecule is CN(C(=O)C(Cc1cccc(Br)c1)NC(=O)Cn1nc(C(F)(F)F)c2c1CCCC2)c1ccccc1. The minimum Gasteiger partial charge on any atom is -0.342 e. The molecule has 1 unspecified atom stereocenters. The third-order valence-corrected chi connectivity index (χ3v) is 6.75. The van der Waals surface area contributed by atoms with Gasteiger partial charge in [0.05, 0.1) is 0 Å². The Hall–Kier alpha value is -3.14. The predicted octanol–water partition coefficient (Wildman–Crippen LogP) is 4.93. The quantitative estimate of drug-likeness (QED) is 0.444. The van der Waals surface area contributed by atoms with Crippen molar-refractivity contribution >= 4 is 33.4 Å². The molecular weight excluding hydrogens is 537 g/mol. The molecule has 1 N–H and O–H groups in total. The number of fused-ring (bicyclic) bond motifs is 1. The molecule has 190 valence electrons. The van der Waals surface area contributed by atoms with E-state index in [1.165, 1.54) is 4.90 Å². The number of amides is 2. The molecule has 0 bridgehead atoms. The van der Waals surface area contributed by atoms with Gasteiger partial charge in [0, 0.05) is 34.9 Å². The van der Waals surface area contributed by atoms with Gasteiger partial charge in [0.1, 0.15) is 12.6 Å². The number of nitrogens with one attached hydrogen (secondary N) is 1. The summed E-state index contributed by atoms with van der Waals surface area (Å²) < 4.78 is 42.6. The van der Waals surface area contributed by atoms with E-state index in [0.29, 0.717) is 24.2 Å². The number of benzene rings is 2. The number of hydrogen-bond donors (Lipinski definition) is 1. The highest BCUT2D eigenvalue weighted by molar-refractivity contribution is 9.10. The number of rotatable bonds is 7. The second-order valence-electron chi connectivity index (χ2n) is 8.82. The number of halogens is 4. The van der Waals surface area contributed by atoms with E-state index in [1.54, 1.807) is 31.3 Å². The van der Waals surface area contributed by atoms with Gasteiger partial charge in [-0.15, -0.1) is 0 Å². The van der Waals surface area contributed by atoms with E-state index in [1.807, 2.05) is 30.3 Å². The van der Waals surface area contributed by atoms with Crippen LogP contribution in [0.3, 0.4) is 0 Å². The van der Waals surface area contributed by atoms with Gasteiger partial charge >= 0.3 is 6.18 Å². The van der Waals surface area contributed by atoms with E-state index >= 15 is 0 Å². The molecule has 4 rings (SSSR count). The zero-order valence-electron chi connectivity index (χ0n) is 19.7. The van der Waals surface area contributed by atoms with Crippen molar-refractivity contribution in [1.82, 2.24) is 15.1 Å². The molecule has 0 saturated heterocycles. The Morgan fingerprint density at radius 1 is 1.11 bits per heavy atom. The van der Waals surface area contributed by atoms with Crippen LogP contribution < -0.4 is 10.2 Å². The van der Waals surface area contributed by atoms with Crippen molar-refractivity contribution < 1.29 is 22.8 Å². The number of carbonyl (C=O) groups excluding carboxylic acids is 2. The number of para-hydroxylation sites is 1. The number of anilines is 1. The van der Waals surface area contributed by atoms with Gasteiger partial charge < -0.3 is 10.2 Å². The van der Waals surface area contributed by atoms with Crippen molar-refractivity contribution in [3.8, 4) is 0 Å². The third-order valence-electron chi connectivity index (χ3n) is 6.25. The van der Waals surface area contributed by atoms with Gasteiger partial charge in [0.15, 0.2) is 5.69 Å². The van der Waals surface area contributed by atoms with Crippen LogP contribution in [0.5, 0.6) is 0 Å². The molecule has 2 amide bonds. The molecule has 1 aliphatic rings. The molecule has 0 spiro atoms. The summed E-state index contributed by atoms with van der Waals surface area (Å²) in [7, 11) is 1.62. The lowest BCUT2D eigenvalue weighted by Crippen LogP contribution is -2.49. The van der Waals surface area contributed by atoms with Crippen LogP contribution in [0, 0.1) is 0 Å². The number of aromatic nitrogens is 2. The van der Waals surface area contributed by atoms with Crippen LogP contribution in [-0.2, 0) is 41.6 Å². The Kier molecular flexibility index (Phi) is 7.82. The zero-order chi connectivity index (χ0) is 25.9. The molecular formula is C26H26BrF3N4O2. The number of hydrogen-bond acceptors (Lipinski definition) is 3. The van der Waals surface area contributed by atoms with Crippen molar-refractivity contribution in [3.63, 3.8) is 0 Å². The van der Waals surface area contributed by atoms with Gasteiger partial charge in [-0.05, 0) is 55.5 Å². The Morgan fingerprint density at radius 2 is 1.83 bits per heavy atom. The monoisotopic (exact) mass is 562 g/mol. The summed E-state index contributed by atoms with van der Waals surface area (Å²) in [6.45, 7) is -0.393. The van der Waals surface area contributed by atoms with Crippen LogP contribution in [0.4, 0.5) is 18.9 Å². The summed E-state index contributed by atoms with van der Waals surface area (Å²) >= 11 is 3.42. The first-order valence-corrected chi connectivity index (χ1v) is 12.4. The summed E-state index contributed by atoms with van der Waals surface area (Å²) in [5.74, 6) is -0.914. The maximum absolute atomic E-state index is 13.5. The lowest BCUT2D eigenvalue weighted by atomic mass is 9.95. The normalized spacial score (nSPS) is 14.1. The summed E-state index contributed by atoms with van der Waals surface area (Å²) in [6, 6.07) is 15.5. The highest BCUT2D eigenvalue weighted by Gasteiger charge is 2.39. The predicted molar refractivity (Wildman–Crippen MR) is 133 cm³/mol. The molecule has 1 aliphatic carbocycles. The summed E-state index contributed by atoms with van der Waals surface area (Å²) in [5, 5.41) is 6.51. The van der Waals surface area contributed by atoms with Crippen LogP contribution in [0.1, 0.15) is 35.4 Å². The topological polar surface area (TPSA) is 67.2 Å². The second kappa shape index (κ2) is 10.9. The van der Waals surface area contributed by atoms with E-state index < -0.39 is 30.4 Å². The molecule has 1 heterocycles. The fourth-order valence-corrected chi connectivity index (χ4v) is 4.96. The van der Waals surface area contributed by atoms with Crippen LogP contribution in [0.15, 0.2) is 59.1 Å². The second-order valence-corrected chi connectivity index (χ2v) is 9.74. The van der Waals surface area contributed by atoms with E-state index in [2.05, 4.69) is 26.3 Å². The molecule has 3 aromatic rings. The molecule has 1 atom stereocenters. The fraction of sp³-hybridized carbons (Fsp3) is 0.346. The van der Waals surface area contributed by atoms with Crippen molar-refractivity contribution in [2.75, 3.05) is 11.9 Å². The highest BCUT2D eigenvalue weighted by Crippen LogP contribution is 2.35. The van der Waals surface area contributed by atoms with Gasteiger partial charge in [0.2, 0.25) is 11.8 Å². The highest BCUT2D eigenvalue weighted by atomic mass is 79.9. The van der Waals surface area contributed by atoms with E-state index in [9.17, 15) is 22.8 Å². The molecule has 10 heteroatoms. The summed E-state index contributed by atoms with van der Waals surface area (Å²) in [5.41, 5.74) is 1.18. The van der Waals surface area contributed by atoms with Crippen LogP contribution in [-0.4, -0.2) is 34.7 Å². The van der Waals surface area contributed by atoms with Crippen molar-refractivity contribution in [3.05, 3.63) is 81.6 Å². The van der Waals surface area contributed by atoms with E-state index in [0.717, 1.165) is 21.1 Å². The third kappa shape index (κ3) is 5.98. The Morgan fingerprint density at radius 3 is 2.53 bits per heavy atom. The Labute approximate surface area is 215 Å². The number of nitrogens with zero attached hydrogens (tertiary/aromatic N) is 3. The molecule has 0 saturated carbocycles. The molecule has 0 fully saturated rings. The van der Waals surface area contributed by atoms with Gasteiger partial charge in [0.25, 0.3) is 0 Å². The van der Waals surface area contributed by atoms with Crippen molar-refractivity contribution in [2.45, 2.75) is 50.9 Å². The largest absolute Gasteiger partial charge is 0.435 e. The number of alkyl halides is 3. The van der Waals surface area contributed by atoms with Crippen molar-refractivity contribution in [2.24, 2.45) is 0 Å². The van der Waals surface area contributed by atoms with Gasteiger partial charge in [-0.3, -0.25) is 14.3 Å². The van der Waals surface area contributed by atoms with E-state index in [4.69, 9.17) is 0 Å². The first kappa shape index (κ1) is 25.9. The molecule has 1 aromatic heterocycles. The minimum absolute atomic E-state index is 0.173. The maximum atomic E-state index is 13.5. The number of likely N-dealkylation sites (N-methyl/N-ethyl adjacent to an activating group) is 1. The van der Waals surface area contributed by atoms with Crippen LogP contribution in [0.2, 0.25) is 0 Å². The smallest absolute Gasteiger partial charge is 0.342 e. The fourth-order valence-electron chi connectivity index (χ4n) is 4.52. The molecule has 0 radical (unpaired) electrons. The first-order valence-electron chi connectivity index (χ1n) is 11.7. The van der Waals surface area contributed by atoms with Crippen LogP contribution in [0.25, 0.3) is 0 Å². The molecule has 36 heavy (non-hydrogen) atoms.